The molecule has 32 heavy (non-hydrogen) atoms. The number of aromatic nitrogens is 3. The minimum Gasteiger partial charge on any atom is -0.491 e. The fourth-order valence-corrected chi connectivity index (χ4v) is 3.98. The SMILES string of the molecule is C=C(C)C(=O)c1c[nH]c2ncc(-c3cc(OCC(C)O)cc(N4CCC(C)(C)C4)c3)nc12. The van der Waals surface area contributed by atoms with Crippen molar-refractivity contribution in [3.05, 3.63) is 48.3 Å². The van der Waals surface area contributed by atoms with Gasteiger partial charge in [-0.1, -0.05) is 20.4 Å². The van der Waals surface area contributed by atoms with E-state index in [-0.39, 0.29) is 17.8 Å². The lowest BCUT2D eigenvalue weighted by molar-refractivity contribution is 0.103. The van der Waals surface area contributed by atoms with Crippen molar-refractivity contribution in [3.8, 4) is 17.0 Å². The molecule has 1 saturated heterocycles. The summed E-state index contributed by atoms with van der Waals surface area (Å²) < 4.78 is 5.85. The van der Waals surface area contributed by atoms with Gasteiger partial charge in [-0.15, -0.1) is 0 Å². The number of hydrogen-bond donors (Lipinski definition) is 2. The van der Waals surface area contributed by atoms with Crippen LogP contribution in [0.5, 0.6) is 5.75 Å². The highest BCUT2D eigenvalue weighted by atomic mass is 16.5. The van der Waals surface area contributed by atoms with Gasteiger partial charge in [-0.3, -0.25) is 4.79 Å². The summed E-state index contributed by atoms with van der Waals surface area (Å²) in [5.41, 5.74) is 4.78. The van der Waals surface area contributed by atoms with Gasteiger partial charge >= 0.3 is 0 Å². The van der Waals surface area contributed by atoms with Gasteiger partial charge in [-0.2, -0.15) is 0 Å². The number of H-pyrrole nitrogens is 1. The first-order valence-electron chi connectivity index (χ1n) is 10.9. The number of aromatic amines is 1. The number of aliphatic hydroxyl groups is 1. The molecule has 0 radical (unpaired) electrons. The Kier molecular flexibility index (Phi) is 5.77. The van der Waals surface area contributed by atoms with Gasteiger partial charge < -0.3 is 19.7 Å². The van der Waals surface area contributed by atoms with Crippen molar-refractivity contribution in [1.82, 2.24) is 15.0 Å². The molecule has 168 valence electrons. The Morgan fingerprint density at radius 2 is 2.16 bits per heavy atom. The average molecular weight is 435 g/mol. The molecule has 0 aliphatic carbocycles. The van der Waals surface area contributed by atoms with E-state index in [1.807, 2.05) is 12.1 Å². The number of benzene rings is 1. The van der Waals surface area contributed by atoms with Crippen LogP contribution in [0.15, 0.2) is 42.7 Å². The van der Waals surface area contributed by atoms with Crippen LogP contribution in [0.3, 0.4) is 0 Å². The molecule has 2 N–H and O–H groups in total. The number of allylic oxidation sites excluding steroid dienone is 1. The minimum absolute atomic E-state index is 0.156. The summed E-state index contributed by atoms with van der Waals surface area (Å²) in [4.78, 5) is 27.1. The normalized spacial score (nSPS) is 16.3. The molecule has 1 unspecified atom stereocenters. The van der Waals surface area contributed by atoms with Crippen molar-refractivity contribution in [2.75, 3.05) is 24.6 Å². The maximum Gasteiger partial charge on any atom is 0.191 e. The predicted molar refractivity (Wildman–Crippen MR) is 126 cm³/mol. The number of fused-ring (bicyclic) bond motifs is 1. The maximum absolute atomic E-state index is 12.5. The van der Waals surface area contributed by atoms with Gasteiger partial charge in [0.25, 0.3) is 0 Å². The van der Waals surface area contributed by atoms with E-state index in [0.29, 0.717) is 33.7 Å². The first-order chi connectivity index (χ1) is 15.1. The lowest BCUT2D eigenvalue weighted by atomic mass is 9.93. The zero-order valence-electron chi connectivity index (χ0n) is 19.1. The van der Waals surface area contributed by atoms with Gasteiger partial charge in [-0.05, 0) is 43.4 Å². The number of nitrogens with zero attached hydrogens (tertiary/aromatic N) is 3. The van der Waals surface area contributed by atoms with Crippen LogP contribution in [0.25, 0.3) is 22.4 Å². The third kappa shape index (κ3) is 4.53. The van der Waals surface area contributed by atoms with Crippen molar-refractivity contribution in [3.63, 3.8) is 0 Å². The van der Waals surface area contributed by atoms with E-state index in [0.717, 1.165) is 30.8 Å². The molecular formula is C25H30N4O3. The van der Waals surface area contributed by atoms with Crippen LogP contribution in [0.4, 0.5) is 5.69 Å². The molecule has 7 heteroatoms. The standard InChI is InChI=1S/C25H30N4O3/c1-15(2)23(31)20-11-26-24-22(20)28-21(12-27-24)17-8-18(29-7-6-25(4,5)14-29)10-19(9-17)32-13-16(3)30/h8-12,16,30H,1,6-7,13-14H2,2-5H3,(H,26,27). The number of aliphatic hydroxyl groups excluding tert-OH is 1. The molecule has 0 amide bonds. The van der Waals surface area contributed by atoms with Crippen molar-refractivity contribution in [1.29, 1.82) is 0 Å². The number of carbonyl (C=O) groups excluding carboxylic acids is 1. The molecule has 3 heterocycles. The number of carbonyl (C=O) groups is 1. The van der Waals surface area contributed by atoms with Crippen molar-refractivity contribution >= 4 is 22.6 Å². The lowest BCUT2D eigenvalue weighted by Crippen LogP contribution is -2.22. The number of nitrogens with one attached hydrogen (secondary N) is 1. The molecule has 1 atom stereocenters. The first kappa shape index (κ1) is 22.0. The number of ketones is 1. The number of rotatable bonds is 7. The van der Waals surface area contributed by atoms with Gasteiger partial charge in [0.2, 0.25) is 0 Å². The first-order valence-corrected chi connectivity index (χ1v) is 10.9. The molecule has 2 aromatic heterocycles. The van der Waals surface area contributed by atoms with E-state index >= 15 is 0 Å². The summed E-state index contributed by atoms with van der Waals surface area (Å²) in [6.45, 7) is 13.8. The van der Waals surface area contributed by atoms with Crippen LogP contribution >= 0.6 is 0 Å². The summed E-state index contributed by atoms with van der Waals surface area (Å²) in [6.07, 6.45) is 3.87. The van der Waals surface area contributed by atoms with Crippen molar-refractivity contribution < 1.29 is 14.6 Å². The fraction of sp³-hybridized carbons (Fsp3) is 0.400. The highest BCUT2D eigenvalue weighted by Crippen LogP contribution is 2.36. The van der Waals surface area contributed by atoms with E-state index in [1.54, 1.807) is 26.2 Å². The Morgan fingerprint density at radius 3 is 2.81 bits per heavy atom. The van der Waals surface area contributed by atoms with E-state index in [4.69, 9.17) is 9.72 Å². The van der Waals surface area contributed by atoms with Crippen LogP contribution < -0.4 is 9.64 Å². The van der Waals surface area contributed by atoms with E-state index < -0.39 is 6.10 Å². The van der Waals surface area contributed by atoms with E-state index in [1.165, 1.54) is 0 Å². The Balaban J connectivity index is 1.77. The molecular weight excluding hydrogens is 404 g/mol. The van der Waals surface area contributed by atoms with Gasteiger partial charge in [0.05, 0.1) is 23.6 Å². The number of Topliss-reactive ketones (excluding diaryl/α,β-unsaturated/α-hetero) is 1. The fourth-order valence-electron chi connectivity index (χ4n) is 3.98. The molecule has 0 spiro atoms. The molecule has 7 nitrogen and oxygen atoms in total. The van der Waals surface area contributed by atoms with E-state index in [2.05, 4.69) is 41.4 Å². The smallest absolute Gasteiger partial charge is 0.191 e. The highest BCUT2D eigenvalue weighted by molar-refractivity contribution is 6.14. The Bertz CT molecular complexity index is 1180. The molecule has 1 aromatic carbocycles. The van der Waals surface area contributed by atoms with Crippen molar-refractivity contribution in [2.45, 2.75) is 40.2 Å². The van der Waals surface area contributed by atoms with Gasteiger partial charge in [0.15, 0.2) is 11.4 Å². The summed E-state index contributed by atoms with van der Waals surface area (Å²) in [7, 11) is 0. The molecule has 1 fully saturated rings. The number of anilines is 1. The summed E-state index contributed by atoms with van der Waals surface area (Å²) in [6, 6.07) is 5.99. The van der Waals surface area contributed by atoms with Crippen LogP contribution in [0.2, 0.25) is 0 Å². The quantitative estimate of drug-likeness (QED) is 0.424. The molecule has 0 saturated carbocycles. The second kappa shape index (κ2) is 8.39. The summed E-state index contributed by atoms with van der Waals surface area (Å²) in [5, 5.41) is 9.67. The van der Waals surface area contributed by atoms with Crippen LogP contribution in [-0.4, -0.2) is 51.6 Å². The third-order valence-corrected chi connectivity index (χ3v) is 5.73. The summed E-state index contributed by atoms with van der Waals surface area (Å²) >= 11 is 0. The summed E-state index contributed by atoms with van der Waals surface area (Å²) in [5.74, 6) is 0.508. The highest BCUT2D eigenvalue weighted by Gasteiger charge is 2.30. The number of hydrogen-bond acceptors (Lipinski definition) is 6. The Labute approximate surface area is 188 Å². The lowest BCUT2D eigenvalue weighted by Gasteiger charge is -2.23. The third-order valence-electron chi connectivity index (χ3n) is 5.73. The average Bonchev–Trinajstić information content (AvgIpc) is 3.33. The van der Waals surface area contributed by atoms with E-state index in [9.17, 15) is 9.90 Å². The predicted octanol–water partition coefficient (Wildman–Crippen LogP) is 4.38. The molecule has 4 rings (SSSR count). The maximum atomic E-state index is 12.5. The topological polar surface area (TPSA) is 91.3 Å². The number of ether oxygens (including phenoxy) is 1. The molecule has 3 aromatic rings. The van der Waals surface area contributed by atoms with Gasteiger partial charge in [0, 0.05) is 36.6 Å². The monoisotopic (exact) mass is 434 g/mol. The zero-order chi connectivity index (χ0) is 23.0. The van der Waals surface area contributed by atoms with Gasteiger partial charge in [-0.25, -0.2) is 9.97 Å². The van der Waals surface area contributed by atoms with Crippen LogP contribution in [0.1, 0.15) is 44.5 Å². The minimum atomic E-state index is -0.570. The van der Waals surface area contributed by atoms with Crippen LogP contribution in [0, 0.1) is 5.41 Å². The van der Waals surface area contributed by atoms with Crippen LogP contribution in [-0.2, 0) is 0 Å². The van der Waals surface area contributed by atoms with Gasteiger partial charge in [0.1, 0.15) is 17.9 Å². The second-order valence-electron chi connectivity index (χ2n) is 9.48. The largest absolute Gasteiger partial charge is 0.491 e. The van der Waals surface area contributed by atoms with Crippen molar-refractivity contribution in [2.24, 2.45) is 5.41 Å². The zero-order valence-corrected chi connectivity index (χ0v) is 19.1. The molecule has 1 aliphatic heterocycles. The second-order valence-corrected chi connectivity index (χ2v) is 9.48. The Morgan fingerprint density at radius 1 is 1.38 bits per heavy atom. The Hall–Kier alpha value is -3.19. The molecule has 0 bridgehead atoms. The molecule has 1 aliphatic rings.